The van der Waals surface area contributed by atoms with Gasteiger partial charge in [0.05, 0.1) is 12.1 Å². The highest BCUT2D eigenvalue weighted by Crippen LogP contribution is 2.31. The quantitative estimate of drug-likeness (QED) is 0.650. The Hall–Kier alpha value is -2.70. The molecule has 2 unspecified atom stereocenters. The molecule has 0 saturated carbocycles. The monoisotopic (exact) mass is 352 g/mol. The highest BCUT2D eigenvalue weighted by atomic mass is 16.7. The Morgan fingerprint density at radius 1 is 0.731 bits per heavy atom. The van der Waals surface area contributed by atoms with E-state index in [0.29, 0.717) is 0 Å². The van der Waals surface area contributed by atoms with Gasteiger partial charge in [0.15, 0.2) is 0 Å². The fourth-order valence-electron chi connectivity index (χ4n) is 3.69. The smallest absolute Gasteiger partial charge is 0.361 e. The molecule has 26 heavy (non-hydrogen) atoms. The number of fused-ring (bicyclic) bond motifs is 2. The Labute approximate surface area is 151 Å². The molecule has 0 fully saturated rings. The second-order valence-corrected chi connectivity index (χ2v) is 6.59. The van der Waals surface area contributed by atoms with Gasteiger partial charge in [-0.15, -0.1) is 11.0 Å². The predicted molar refractivity (Wildman–Crippen MR) is 93.5 cm³/mol. The van der Waals surface area contributed by atoms with Gasteiger partial charge in [-0.3, -0.25) is 0 Å². The summed E-state index contributed by atoms with van der Waals surface area (Å²) in [7, 11) is 0. The van der Waals surface area contributed by atoms with Crippen LogP contribution in [0.1, 0.15) is 47.2 Å². The van der Waals surface area contributed by atoms with Gasteiger partial charge >= 0.3 is 11.9 Å². The number of carbonyl (C=O) groups excluding carboxylic acids is 2. The molecule has 2 aromatic rings. The first-order valence-electron chi connectivity index (χ1n) is 8.81. The van der Waals surface area contributed by atoms with Crippen molar-refractivity contribution in [3.63, 3.8) is 0 Å². The van der Waals surface area contributed by atoms with Crippen molar-refractivity contribution in [1.82, 2.24) is 11.0 Å². The van der Waals surface area contributed by atoms with Gasteiger partial charge in [-0.05, 0) is 47.9 Å². The van der Waals surface area contributed by atoms with Crippen molar-refractivity contribution in [2.75, 3.05) is 0 Å². The maximum Gasteiger partial charge on any atom is 0.437 e. The fourth-order valence-corrected chi connectivity index (χ4v) is 3.69. The van der Waals surface area contributed by atoms with Gasteiger partial charge in [0, 0.05) is 0 Å². The largest absolute Gasteiger partial charge is 0.437 e. The summed E-state index contributed by atoms with van der Waals surface area (Å²) in [5, 5.41) is 0. The third kappa shape index (κ3) is 3.34. The van der Waals surface area contributed by atoms with E-state index in [1.54, 1.807) is 0 Å². The number of hydrogen-bond acceptors (Lipinski definition) is 6. The molecule has 2 N–H and O–H groups in total. The van der Waals surface area contributed by atoms with Crippen molar-refractivity contribution < 1.29 is 19.3 Å². The summed E-state index contributed by atoms with van der Waals surface area (Å²) >= 11 is 0. The Morgan fingerprint density at radius 3 is 1.62 bits per heavy atom. The molecule has 0 saturated heterocycles. The van der Waals surface area contributed by atoms with Gasteiger partial charge in [-0.1, -0.05) is 48.5 Å². The molecule has 2 atom stereocenters. The molecule has 0 amide bonds. The SMILES string of the molecule is O=C(ONC1CCc2ccccc21)C(=O)ONC1CCc2ccccc21. The van der Waals surface area contributed by atoms with Crippen molar-refractivity contribution in [2.45, 2.75) is 37.8 Å². The fraction of sp³-hybridized carbons (Fsp3) is 0.300. The van der Waals surface area contributed by atoms with Crippen LogP contribution < -0.4 is 11.0 Å². The third-order valence-corrected chi connectivity index (χ3v) is 5.02. The molecule has 4 rings (SSSR count). The lowest BCUT2D eigenvalue weighted by Gasteiger charge is -2.15. The molecule has 2 aliphatic carbocycles. The normalized spacial score (nSPS) is 20.3. The zero-order chi connectivity index (χ0) is 17.9. The minimum Gasteiger partial charge on any atom is -0.361 e. The van der Waals surface area contributed by atoms with Gasteiger partial charge in [0.1, 0.15) is 0 Å². The van der Waals surface area contributed by atoms with E-state index < -0.39 is 11.9 Å². The second kappa shape index (κ2) is 7.27. The van der Waals surface area contributed by atoms with E-state index in [1.807, 2.05) is 36.4 Å². The first kappa shape index (κ1) is 16.8. The van der Waals surface area contributed by atoms with Crippen molar-refractivity contribution in [1.29, 1.82) is 0 Å². The topological polar surface area (TPSA) is 76.7 Å². The van der Waals surface area contributed by atoms with Crippen LogP contribution in [0.2, 0.25) is 0 Å². The minimum absolute atomic E-state index is 0.0994. The molecule has 0 bridgehead atoms. The summed E-state index contributed by atoms with van der Waals surface area (Å²) < 4.78 is 0. The lowest BCUT2D eigenvalue weighted by Crippen LogP contribution is -2.33. The maximum atomic E-state index is 11.9. The number of hydrogen-bond donors (Lipinski definition) is 2. The van der Waals surface area contributed by atoms with Crippen molar-refractivity contribution in [3.05, 3.63) is 70.8 Å². The number of benzene rings is 2. The van der Waals surface area contributed by atoms with Crippen LogP contribution in [0.5, 0.6) is 0 Å². The van der Waals surface area contributed by atoms with E-state index in [4.69, 9.17) is 9.68 Å². The number of aryl methyl sites for hydroxylation is 2. The molecule has 0 radical (unpaired) electrons. The average molecular weight is 352 g/mol. The molecular weight excluding hydrogens is 332 g/mol. The van der Waals surface area contributed by atoms with Crippen LogP contribution in [0.3, 0.4) is 0 Å². The molecule has 0 aromatic heterocycles. The molecule has 2 aromatic carbocycles. The summed E-state index contributed by atoms with van der Waals surface area (Å²) in [4.78, 5) is 33.6. The van der Waals surface area contributed by atoms with E-state index in [-0.39, 0.29) is 12.1 Å². The van der Waals surface area contributed by atoms with Gasteiger partial charge in [0.2, 0.25) is 0 Å². The maximum absolute atomic E-state index is 11.9. The number of hydroxylamine groups is 2. The lowest BCUT2D eigenvalue weighted by molar-refractivity contribution is -0.178. The lowest BCUT2D eigenvalue weighted by atomic mass is 10.1. The third-order valence-electron chi connectivity index (χ3n) is 5.02. The molecule has 0 aliphatic heterocycles. The van der Waals surface area contributed by atoms with Crippen LogP contribution in [0.15, 0.2) is 48.5 Å². The summed E-state index contributed by atoms with van der Waals surface area (Å²) in [5.74, 6) is -2.12. The van der Waals surface area contributed by atoms with Crippen LogP contribution in [0, 0.1) is 0 Å². The molecular formula is C20H20N2O4. The van der Waals surface area contributed by atoms with Gasteiger partial charge in [-0.2, -0.15) is 0 Å². The van der Waals surface area contributed by atoms with E-state index in [9.17, 15) is 9.59 Å². The van der Waals surface area contributed by atoms with E-state index >= 15 is 0 Å². The first-order chi connectivity index (χ1) is 12.7. The standard InChI is InChI=1S/C20H20N2O4/c23-19(25-21-17-11-9-13-5-1-3-7-15(13)17)20(24)26-22-18-12-10-14-6-2-4-8-16(14)18/h1-8,17-18,21-22H,9-12H2. The first-order valence-corrected chi connectivity index (χ1v) is 8.81. The van der Waals surface area contributed by atoms with Gasteiger partial charge in [-0.25, -0.2) is 9.59 Å². The minimum atomic E-state index is -1.06. The zero-order valence-electron chi connectivity index (χ0n) is 14.2. The Morgan fingerprint density at radius 2 is 1.15 bits per heavy atom. The average Bonchev–Trinajstić information content (AvgIpc) is 3.28. The van der Waals surface area contributed by atoms with Gasteiger partial charge in [0.25, 0.3) is 0 Å². The zero-order valence-corrected chi connectivity index (χ0v) is 14.2. The summed E-state index contributed by atoms with van der Waals surface area (Å²) in [6, 6.07) is 15.7. The van der Waals surface area contributed by atoms with Crippen LogP contribution in [-0.4, -0.2) is 11.9 Å². The van der Waals surface area contributed by atoms with Crippen molar-refractivity contribution in [2.24, 2.45) is 0 Å². The highest BCUT2D eigenvalue weighted by molar-refractivity contribution is 6.29. The molecule has 2 aliphatic rings. The molecule has 0 spiro atoms. The number of carbonyl (C=O) groups is 2. The highest BCUT2D eigenvalue weighted by Gasteiger charge is 2.27. The Bertz CT molecular complexity index is 767. The Balaban J connectivity index is 1.26. The molecule has 6 nitrogen and oxygen atoms in total. The number of rotatable bonds is 4. The van der Waals surface area contributed by atoms with Crippen LogP contribution in [0.25, 0.3) is 0 Å². The van der Waals surface area contributed by atoms with Crippen LogP contribution in [0.4, 0.5) is 0 Å². The van der Waals surface area contributed by atoms with Gasteiger partial charge < -0.3 is 9.68 Å². The molecule has 0 heterocycles. The van der Waals surface area contributed by atoms with Crippen LogP contribution in [-0.2, 0) is 32.1 Å². The summed E-state index contributed by atoms with van der Waals surface area (Å²) in [5.41, 5.74) is 10.0. The number of nitrogens with one attached hydrogen (secondary N) is 2. The predicted octanol–water partition coefficient (Wildman–Crippen LogP) is 2.46. The van der Waals surface area contributed by atoms with Crippen LogP contribution >= 0.6 is 0 Å². The second-order valence-electron chi connectivity index (χ2n) is 6.59. The van der Waals surface area contributed by atoms with E-state index in [0.717, 1.165) is 36.8 Å². The molecule has 134 valence electrons. The van der Waals surface area contributed by atoms with Crippen molar-refractivity contribution in [3.8, 4) is 0 Å². The summed E-state index contributed by atoms with van der Waals surface area (Å²) in [6.07, 6.45) is 3.47. The van der Waals surface area contributed by atoms with E-state index in [2.05, 4.69) is 23.1 Å². The summed E-state index contributed by atoms with van der Waals surface area (Å²) in [6.45, 7) is 0. The Kier molecular flexibility index (Phi) is 4.69. The molecule has 6 heteroatoms. The van der Waals surface area contributed by atoms with E-state index in [1.165, 1.54) is 11.1 Å². The van der Waals surface area contributed by atoms with Crippen molar-refractivity contribution >= 4 is 11.9 Å².